The number of carbonyl (C=O) groups is 1. The lowest BCUT2D eigenvalue weighted by atomic mass is 10.2. The number of carbonyl (C=O) groups excluding carboxylic acids is 1. The predicted molar refractivity (Wildman–Crippen MR) is 72.4 cm³/mol. The second kappa shape index (κ2) is 5.50. The molecule has 1 aromatic carbocycles. The molecule has 0 fully saturated rings. The smallest absolute Gasteiger partial charge is 0.221 e. The number of hydrogen-bond acceptors (Lipinski definition) is 3. The van der Waals surface area contributed by atoms with Gasteiger partial charge in [0.1, 0.15) is 0 Å². The summed E-state index contributed by atoms with van der Waals surface area (Å²) in [6.45, 7) is 2.30. The van der Waals surface area contributed by atoms with Gasteiger partial charge in [0.05, 0.1) is 0 Å². The molecule has 2 rings (SSSR count). The Hall–Kier alpha value is -1.81. The third kappa shape index (κ3) is 3.60. The summed E-state index contributed by atoms with van der Waals surface area (Å²) in [5, 5.41) is 10.3. The fourth-order valence-electron chi connectivity index (χ4n) is 1.51. The molecule has 0 bridgehead atoms. The Balaban J connectivity index is 1.98. The lowest BCUT2D eigenvalue weighted by Gasteiger charge is -2.07. The van der Waals surface area contributed by atoms with Crippen molar-refractivity contribution in [3.05, 3.63) is 46.7 Å². The maximum atomic E-state index is 10.9. The van der Waals surface area contributed by atoms with Crippen LogP contribution in [0.3, 0.4) is 0 Å². The first-order chi connectivity index (χ1) is 8.24. The molecule has 4 heteroatoms. The molecule has 0 atom stereocenters. The van der Waals surface area contributed by atoms with Crippen LogP contribution in [0.4, 0.5) is 11.4 Å². The van der Waals surface area contributed by atoms with E-state index in [1.807, 2.05) is 24.3 Å². The number of thiophene rings is 1. The van der Waals surface area contributed by atoms with Gasteiger partial charge < -0.3 is 10.6 Å². The molecule has 0 saturated carbocycles. The van der Waals surface area contributed by atoms with Gasteiger partial charge in [-0.05, 0) is 40.6 Å². The zero-order valence-electron chi connectivity index (χ0n) is 9.57. The number of rotatable bonds is 4. The predicted octanol–water partition coefficient (Wildman–Crippen LogP) is 3.32. The monoisotopic (exact) mass is 246 g/mol. The fraction of sp³-hybridized carbons (Fsp3) is 0.154. The van der Waals surface area contributed by atoms with Gasteiger partial charge in [0.25, 0.3) is 0 Å². The highest BCUT2D eigenvalue weighted by Gasteiger charge is 1.98. The highest BCUT2D eigenvalue weighted by molar-refractivity contribution is 7.07. The van der Waals surface area contributed by atoms with Crippen molar-refractivity contribution in [2.75, 3.05) is 10.6 Å². The maximum Gasteiger partial charge on any atom is 0.221 e. The van der Waals surface area contributed by atoms with E-state index in [0.717, 1.165) is 17.9 Å². The van der Waals surface area contributed by atoms with Gasteiger partial charge in [-0.2, -0.15) is 11.3 Å². The standard InChI is InChI=1S/C13H14N2OS/c1-10(16)15-13-4-2-3-12(7-13)14-8-11-5-6-17-9-11/h2-7,9,14H,8H2,1H3,(H,15,16). The SMILES string of the molecule is CC(=O)Nc1cccc(NCc2ccsc2)c1. The van der Waals surface area contributed by atoms with E-state index >= 15 is 0 Å². The van der Waals surface area contributed by atoms with Gasteiger partial charge >= 0.3 is 0 Å². The Morgan fingerprint density at radius 1 is 1.29 bits per heavy atom. The van der Waals surface area contributed by atoms with Crippen LogP contribution in [0.15, 0.2) is 41.1 Å². The summed E-state index contributed by atoms with van der Waals surface area (Å²) >= 11 is 1.69. The maximum absolute atomic E-state index is 10.9. The van der Waals surface area contributed by atoms with Crippen LogP contribution < -0.4 is 10.6 Å². The molecule has 88 valence electrons. The van der Waals surface area contributed by atoms with Crippen molar-refractivity contribution in [3.8, 4) is 0 Å². The van der Waals surface area contributed by atoms with Gasteiger partial charge in [-0.15, -0.1) is 0 Å². The molecule has 0 aliphatic carbocycles. The number of benzene rings is 1. The van der Waals surface area contributed by atoms with Gasteiger partial charge in [0.15, 0.2) is 0 Å². The molecule has 1 aromatic heterocycles. The van der Waals surface area contributed by atoms with E-state index in [2.05, 4.69) is 27.5 Å². The second-order valence-corrected chi connectivity index (χ2v) is 4.53. The van der Waals surface area contributed by atoms with E-state index in [1.54, 1.807) is 11.3 Å². The first-order valence-corrected chi connectivity index (χ1v) is 6.31. The van der Waals surface area contributed by atoms with Crippen LogP contribution in [-0.4, -0.2) is 5.91 Å². The Bertz CT molecular complexity index is 494. The largest absolute Gasteiger partial charge is 0.381 e. The van der Waals surface area contributed by atoms with Gasteiger partial charge in [0.2, 0.25) is 5.91 Å². The van der Waals surface area contributed by atoms with Crippen LogP contribution in [0.25, 0.3) is 0 Å². The molecule has 0 radical (unpaired) electrons. The van der Waals surface area contributed by atoms with Crippen molar-refractivity contribution in [3.63, 3.8) is 0 Å². The van der Waals surface area contributed by atoms with Crippen molar-refractivity contribution < 1.29 is 4.79 Å². The summed E-state index contributed by atoms with van der Waals surface area (Å²) in [5.74, 6) is -0.0556. The normalized spacial score (nSPS) is 9.94. The van der Waals surface area contributed by atoms with E-state index in [4.69, 9.17) is 0 Å². The van der Waals surface area contributed by atoms with Crippen molar-refractivity contribution >= 4 is 28.6 Å². The van der Waals surface area contributed by atoms with Crippen molar-refractivity contribution in [2.24, 2.45) is 0 Å². The first kappa shape index (κ1) is 11.7. The number of hydrogen-bond donors (Lipinski definition) is 2. The van der Waals surface area contributed by atoms with Crippen molar-refractivity contribution in [1.82, 2.24) is 0 Å². The van der Waals surface area contributed by atoms with Crippen molar-refractivity contribution in [1.29, 1.82) is 0 Å². The summed E-state index contributed by atoms with van der Waals surface area (Å²) in [6, 6.07) is 9.79. The first-order valence-electron chi connectivity index (χ1n) is 5.36. The van der Waals surface area contributed by atoms with Gasteiger partial charge in [-0.1, -0.05) is 6.07 Å². The fourth-order valence-corrected chi connectivity index (χ4v) is 2.18. The molecule has 1 heterocycles. The van der Waals surface area contributed by atoms with Crippen LogP contribution in [0.2, 0.25) is 0 Å². The molecule has 0 unspecified atom stereocenters. The number of nitrogens with one attached hydrogen (secondary N) is 2. The lowest BCUT2D eigenvalue weighted by Crippen LogP contribution is -2.06. The van der Waals surface area contributed by atoms with E-state index in [-0.39, 0.29) is 5.91 Å². The number of anilines is 2. The Morgan fingerprint density at radius 2 is 2.12 bits per heavy atom. The molecule has 0 spiro atoms. The van der Waals surface area contributed by atoms with Crippen molar-refractivity contribution in [2.45, 2.75) is 13.5 Å². The van der Waals surface area contributed by atoms with Crippen LogP contribution in [-0.2, 0) is 11.3 Å². The summed E-state index contributed by atoms with van der Waals surface area (Å²) in [6.07, 6.45) is 0. The second-order valence-electron chi connectivity index (χ2n) is 3.75. The molecule has 17 heavy (non-hydrogen) atoms. The van der Waals surface area contributed by atoms with Gasteiger partial charge in [-0.25, -0.2) is 0 Å². The van der Waals surface area contributed by atoms with Gasteiger partial charge in [0, 0.05) is 24.8 Å². The van der Waals surface area contributed by atoms with Gasteiger partial charge in [-0.3, -0.25) is 4.79 Å². The lowest BCUT2D eigenvalue weighted by molar-refractivity contribution is -0.114. The minimum Gasteiger partial charge on any atom is -0.381 e. The minimum absolute atomic E-state index is 0.0556. The van der Waals surface area contributed by atoms with Crippen LogP contribution in [0.1, 0.15) is 12.5 Å². The zero-order chi connectivity index (χ0) is 12.1. The summed E-state index contributed by atoms with van der Waals surface area (Å²) < 4.78 is 0. The Labute approximate surface area is 104 Å². The van der Waals surface area contributed by atoms with Crippen LogP contribution in [0, 0.1) is 0 Å². The molecule has 0 aliphatic rings. The average Bonchev–Trinajstić information content (AvgIpc) is 2.79. The Morgan fingerprint density at radius 3 is 2.82 bits per heavy atom. The molecule has 1 amide bonds. The average molecular weight is 246 g/mol. The third-order valence-electron chi connectivity index (χ3n) is 2.26. The highest BCUT2D eigenvalue weighted by Crippen LogP contribution is 2.16. The Kier molecular flexibility index (Phi) is 3.77. The summed E-state index contributed by atoms with van der Waals surface area (Å²) in [5.41, 5.74) is 3.08. The molecule has 2 aromatic rings. The molecule has 0 saturated heterocycles. The van der Waals surface area contributed by atoms with Crippen LogP contribution in [0.5, 0.6) is 0 Å². The van der Waals surface area contributed by atoms with E-state index in [9.17, 15) is 4.79 Å². The van der Waals surface area contributed by atoms with E-state index in [1.165, 1.54) is 12.5 Å². The topological polar surface area (TPSA) is 41.1 Å². The number of amides is 1. The van der Waals surface area contributed by atoms with Crippen LogP contribution >= 0.6 is 11.3 Å². The van der Waals surface area contributed by atoms with E-state index < -0.39 is 0 Å². The minimum atomic E-state index is -0.0556. The van der Waals surface area contributed by atoms with E-state index in [0.29, 0.717) is 0 Å². The molecular weight excluding hydrogens is 232 g/mol. The molecule has 0 aliphatic heterocycles. The summed E-state index contributed by atoms with van der Waals surface area (Å²) in [7, 11) is 0. The third-order valence-corrected chi connectivity index (χ3v) is 2.99. The summed E-state index contributed by atoms with van der Waals surface area (Å²) in [4.78, 5) is 10.9. The highest BCUT2D eigenvalue weighted by atomic mass is 32.1. The quantitative estimate of drug-likeness (QED) is 0.869. The molecular formula is C13H14N2OS. The zero-order valence-corrected chi connectivity index (χ0v) is 10.4. The molecule has 3 nitrogen and oxygen atoms in total. The molecule has 2 N–H and O–H groups in total.